The topological polar surface area (TPSA) is 12.0 Å². The van der Waals surface area contributed by atoms with E-state index in [1.54, 1.807) is 4.88 Å². The van der Waals surface area contributed by atoms with Gasteiger partial charge in [0.15, 0.2) is 0 Å². The molecule has 1 N–H and O–H groups in total. The molecule has 1 heterocycles. The van der Waals surface area contributed by atoms with Gasteiger partial charge >= 0.3 is 0 Å². The molecule has 1 unspecified atom stereocenters. The summed E-state index contributed by atoms with van der Waals surface area (Å²) in [6.45, 7) is 3.02. The van der Waals surface area contributed by atoms with Crippen molar-refractivity contribution >= 4 is 11.3 Å². The van der Waals surface area contributed by atoms with Crippen LogP contribution in [0.25, 0.3) is 0 Å². The maximum atomic E-state index is 5.50. The second-order valence-corrected chi connectivity index (χ2v) is 4.78. The summed E-state index contributed by atoms with van der Waals surface area (Å²) in [6, 6.07) is 2.41. The molecule has 74 valence electrons. The maximum absolute atomic E-state index is 5.50. The van der Waals surface area contributed by atoms with E-state index in [1.165, 1.54) is 29.7 Å². The van der Waals surface area contributed by atoms with E-state index in [1.807, 2.05) is 11.3 Å². The molecule has 1 atom stereocenters. The van der Waals surface area contributed by atoms with Crippen LogP contribution >= 0.6 is 11.3 Å². The average molecular weight is 205 g/mol. The zero-order valence-corrected chi connectivity index (χ0v) is 9.29. The number of hydrogen-bond acceptors (Lipinski definition) is 2. The standard InChI is InChI=1S/C12H15NS/c1-3-10(13-4-2)12-8-9-6-5-7-11(9)14-12/h1,8,10,13H,4-7H2,2H3. The third-order valence-corrected chi connectivity index (χ3v) is 3.93. The molecule has 0 saturated heterocycles. The van der Waals surface area contributed by atoms with Crippen LogP contribution in [-0.4, -0.2) is 6.54 Å². The van der Waals surface area contributed by atoms with Crippen molar-refractivity contribution in [3.63, 3.8) is 0 Å². The number of hydrogen-bond donors (Lipinski definition) is 1. The van der Waals surface area contributed by atoms with Gasteiger partial charge in [0.1, 0.15) is 6.04 Å². The van der Waals surface area contributed by atoms with Gasteiger partial charge in [-0.25, -0.2) is 0 Å². The van der Waals surface area contributed by atoms with Gasteiger partial charge in [0, 0.05) is 9.75 Å². The Balaban J connectivity index is 2.20. The molecule has 1 aliphatic rings. The van der Waals surface area contributed by atoms with Crippen LogP contribution in [0.4, 0.5) is 0 Å². The summed E-state index contributed by atoms with van der Waals surface area (Å²) in [5.74, 6) is 2.81. The molecular weight excluding hydrogens is 190 g/mol. The van der Waals surface area contributed by atoms with Crippen molar-refractivity contribution in [1.29, 1.82) is 0 Å². The lowest BCUT2D eigenvalue weighted by atomic mass is 10.2. The predicted molar refractivity (Wildman–Crippen MR) is 61.6 cm³/mol. The first-order chi connectivity index (χ1) is 6.85. The first kappa shape index (κ1) is 9.76. The molecule has 2 rings (SSSR count). The van der Waals surface area contributed by atoms with E-state index in [2.05, 4.69) is 24.2 Å². The highest BCUT2D eigenvalue weighted by Gasteiger charge is 2.18. The number of fused-ring (bicyclic) bond motifs is 1. The summed E-state index contributed by atoms with van der Waals surface area (Å²) in [5.41, 5.74) is 1.53. The quantitative estimate of drug-likeness (QED) is 0.748. The minimum atomic E-state index is 0.121. The highest BCUT2D eigenvalue weighted by molar-refractivity contribution is 7.12. The van der Waals surface area contributed by atoms with Crippen molar-refractivity contribution in [3.8, 4) is 12.3 Å². The van der Waals surface area contributed by atoms with Crippen LogP contribution in [0.1, 0.15) is 34.7 Å². The Morgan fingerprint density at radius 1 is 1.64 bits per heavy atom. The smallest absolute Gasteiger partial charge is 0.104 e. The van der Waals surface area contributed by atoms with Crippen LogP contribution in [0.5, 0.6) is 0 Å². The molecule has 14 heavy (non-hydrogen) atoms. The van der Waals surface area contributed by atoms with Gasteiger partial charge in [0.25, 0.3) is 0 Å². The Kier molecular flexibility index (Phi) is 2.90. The Morgan fingerprint density at radius 2 is 2.50 bits per heavy atom. The van der Waals surface area contributed by atoms with E-state index in [0.29, 0.717) is 0 Å². The van der Waals surface area contributed by atoms with Gasteiger partial charge in [-0.2, -0.15) is 0 Å². The largest absolute Gasteiger partial charge is 0.300 e. The van der Waals surface area contributed by atoms with E-state index in [4.69, 9.17) is 6.42 Å². The molecule has 1 aromatic heterocycles. The Morgan fingerprint density at radius 3 is 3.14 bits per heavy atom. The highest BCUT2D eigenvalue weighted by Crippen LogP contribution is 2.33. The lowest BCUT2D eigenvalue weighted by molar-refractivity contribution is 0.673. The maximum Gasteiger partial charge on any atom is 0.104 e. The molecule has 0 bridgehead atoms. The van der Waals surface area contributed by atoms with Crippen molar-refractivity contribution in [2.24, 2.45) is 0 Å². The molecule has 0 saturated carbocycles. The van der Waals surface area contributed by atoms with Crippen molar-refractivity contribution < 1.29 is 0 Å². The molecule has 2 heteroatoms. The lowest BCUT2D eigenvalue weighted by Gasteiger charge is -2.08. The monoisotopic (exact) mass is 205 g/mol. The molecule has 0 spiro atoms. The SMILES string of the molecule is C#CC(NCC)c1cc2c(s1)CCC2. The normalized spacial score (nSPS) is 16.3. The molecule has 0 fully saturated rings. The summed E-state index contributed by atoms with van der Waals surface area (Å²) in [5, 5.41) is 3.31. The molecular formula is C12H15NS. The second-order valence-electron chi connectivity index (χ2n) is 3.61. The van der Waals surface area contributed by atoms with Crippen LogP contribution in [-0.2, 0) is 12.8 Å². The van der Waals surface area contributed by atoms with Crippen molar-refractivity contribution in [1.82, 2.24) is 5.32 Å². The molecule has 0 radical (unpaired) electrons. The number of nitrogens with one attached hydrogen (secondary N) is 1. The van der Waals surface area contributed by atoms with E-state index >= 15 is 0 Å². The summed E-state index contributed by atoms with van der Waals surface area (Å²) in [4.78, 5) is 2.87. The van der Waals surface area contributed by atoms with Crippen molar-refractivity contribution in [2.45, 2.75) is 32.2 Å². The molecule has 1 aliphatic carbocycles. The zero-order chi connectivity index (χ0) is 9.97. The van der Waals surface area contributed by atoms with Gasteiger partial charge in [-0.15, -0.1) is 17.8 Å². The van der Waals surface area contributed by atoms with Gasteiger partial charge in [0.05, 0.1) is 0 Å². The molecule has 1 nitrogen and oxygen atoms in total. The number of rotatable bonds is 3. The predicted octanol–water partition coefficient (Wildman–Crippen LogP) is 2.52. The van der Waals surface area contributed by atoms with E-state index in [9.17, 15) is 0 Å². The number of thiophene rings is 1. The van der Waals surface area contributed by atoms with Gasteiger partial charge in [-0.3, -0.25) is 5.32 Å². The molecule has 0 aromatic carbocycles. The number of terminal acetylenes is 1. The first-order valence-corrected chi connectivity index (χ1v) is 5.97. The van der Waals surface area contributed by atoms with E-state index in [0.717, 1.165) is 6.54 Å². The van der Waals surface area contributed by atoms with Crippen LogP contribution in [0.15, 0.2) is 6.07 Å². The lowest BCUT2D eigenvalue weighted by Crippen LogP contribution is -2.18. The molecule has 0 aliphatic heterocycles. The fourth-order valence-electron chi connectivity index (χ4n) is 1.94. The van der Waals surface area contributed by atoms with Gasteiger partial charge in [0.2, 0.25) is 0 Å². The minimum absolute atomic E-state index is 0.121. The van der Waals surface area contributed by atoms with Gasteiger partial charge in [-0.1, -0.05) is 12.8 Å². The average Bonchev–Trinajstić information content (AvgIpc) is 2.73. The van der Waals surface area contributed by atoms with E-state index < -0.39 is 0 Å². The van der Waals surface area contributed by atoms with Crippen LogP contribution in [0, 0.1) is 12.3 Å². The summed E-state index contributed by atoms with van der Waals surface area (Å²) in [6.07, 6.45) is 9.33. The summed E-state index contributed by atoms with van der Waals surface area (Å²) < 4.78 is 0. The summed E-state index contributed by atoms with van der Waals surface area (Å²) in [7, 11) is 0. The summed E-state index contributed by atoms with van der Waals surface area (Å²) >= 11 is 1.89. The second kappa shape index (κ2) is 4.16. The van der Waals surface area contributed by atoms with E-state index in [-0.39, 0.29) is 6.04 Å². The zero-order valence-electron chi connectivity index (χ0n) is 8.47. The van der Waals surface area contributed by atoms with Crippen LogP contribution < -0.4 is 5.32 Å². The van der Waals surface area contributed by atoms with Gasteiger partial charge < -0.3 is 0 Å². The van der Waals surface area contributed by atoms with Crippen LogP contribution in [0.3, 0.4) is 0 Å². The third kappa shape index (κ3) is 1.70. The third-order valence-electron chi connectivity index (χ3n) is 2.63. The Hall–Kier alpha value is -0.780. The fourth-order valence-corrected chi connectivity index (χ4v) is 3.23. The Bertz CT molecular complexity index is 337. The first-order valence-electron chi connectivity index (χ1n) is 5.16. The van der Waals surface area contributed by atoms with Crippen molar-refractivity contribution in [3.05, 3.63) is 21.4 Å². The fraction of sp³-hybridized carbons (Fsp3) is 0.500. The molecule has 1 aromatic rings. The van der Waals surface area contributed by atoms with Crippen molar-refractivity contribution in [2.75, 3.05) is 6.54 Å². The van der Waals surface area contributed by atoms with Crippen LogP contribution in [0.2, 0.25) is 0 Å². The number of aryl methyl sites for hydroxylation is 2. The highest BCUT2D eigenvalue weighted by atomic mass is 32.1. The minimum Gasteiger partial charge on any atom is -0.300 e. The Labute approximate surface area is 89.5 Å². The van der Waals surface area contributed by atoms with Gasteiger partial charge in [-0.05, 0) is 37.4 Å². The molecule has 0 amide bonds.